The number of Topliss-reactive ketones (excluding diaryl/α,β-unsaturated/α-hetero) is 1. The topological polar surface area (TPSA) is 71.9 Å². The number of carbonyl (C=O) groups excluding carboxylic acids is 1. The van der Waals surface area contributed by atoms with Gasteiger partial charge in [0.05, 0.1) is 0 Å². The number of ketones is 1. The van der Waals surface area contributed by atoms with Crippen molar-refractivity contribution in [3.63, 3.8) is 0 Å². The highest BCUT2D eigenvalue weighted by molar-refractivity contribution is 5.79. The fraction of sp³-hybridized carbons (Fsp3) is 0.545. The lowest BCUT2D eigenvalue weighted by atomic mass is 10.1. The zero-order chi connectivity index (χ0) is 12.5. The molecule has 1 heterocycles. The van der Waals surface area contributed by atoms with Gasteiger partial charge < -0.3 is 0 Å². The lowest BCUT2D eigenvalue weighted by Crippen LogP contribution is -2.36. The second-order valence-corrected chi connectivity index (χ2v) is 4.20. The van der Waals surface area contributed by atoms with Crippen LogP contribution in [0.15, 0.2) is 9.59 Å². The first kappa shape index (κ1) is 12.4. The molecule has 0 bridgehead atoms. The van der Waals surface area contributed by atoms with Crippen LogP contribution in [0.25, 0.3) is 0 Å². The maximum Gasteiger partial charge on any atom is 0.268 e. The van der Waals surface area contributed by atoms with Crippen molar-refractivity contribution in [3.8, 4) is 0 Å². The molecule has 0 radical (unpaired) electrons. The van der Waals surface area contributed by atoms with Crippen molar-refractivity contribution in [1.29, 1.82) is 0 Å². The molecular weight excluding hydrogens is 208 g/mol. The van der Waals surface area contributed by atoms with Crippen molar-refractivity contribution >= 4 is 5.78 Å². The summed E-state index contributed by atoms with van der Waals surface area (Å²) >= 11 is 0. The lowest BCUT2D eigenvalue weighted by Gasteiger charge is -2.08. The van der Waals surface area contributed by atoms with Gasteiger partial charge in [-0.15, -0.1) is 0 Å². The van der Waals surface area contributed by atoms with E-state index in [0.717, 1.165) is 4.68 Å². The highest BCUT2D eigenvalue weighted by Crippen LogP contribution is 1.96. The Balaban J connectivity index is 3.22. The van der Waals surface area contributed by atoms with Crippen LogP contribution in [0, 0.1) is 19.8 Å². The molecule has 16 heavy (non-hydrogen) atoms. The Morgan fingerprint density at radius 1 is 1.25 bits per heavy atom. The third-order valence-corrected chi connectivity index (χ3v) is 2.66. The van der Waals surface area contributed by atoms with E-state index in [4.69, 9.17) is 0 Å². The summed E-state index contributed by atoms with van der Waals surface area (Å²) in [5, 5.41) is 2.40. The molecule has 1 N–H and O–H groups in total. The monoisotopic (exact) mass is 224 g/mol. The van der Waals surface area contributed by atoms with E-state index >= 15 is 0 Å². The average molecular weight is 224 g/mol. The molecule has 5 nitrogen and oxygen atoms in total. The first-order chi connectivity index (χ1) is 7.34. The van der Waals surface area contributed by atoms with Crippen molar-refractivity contribution in [3.05, 3.63) is 31.8 Å². The molecule has 0 aliphatic heterocycles. The van der Waals surface area contributed by atoms with E-state index in [0.29, 0.717) is 11.1 Å². The van der Waals surface area contributed by atoms with E-state index in [2.05, 4.69) is 5.10 Å². The van der Waals surface area contributed by atoms with Gasteiger partial charge in [0, 0.05) is 17.0 Å². The van der Waals surface area contributed by atoms with Crippen molar-refractivity contribution < 1.29 is 4.79 Å². The molecular formula is C11H16N2O3. The Bertz CT molecular complexity index is 523. The number of aromatic nitrogens is 2. The first-order valence-corrected chi connectivity index (χ1v) is 5.17. The predicted molar refractivity (Wildman–Crippen MR) is 60.6 cm³/mol. The van der Waals surface area contributed by atoms with E-state index < -0.39 is 0 Å². The van der Waals surface area contributed by atoms with Gasteiger partial charge in [-0.3, -0.25) is 19.5 Å². The number of hydrogen-bond acceptors (Lipinski definition) is 3. The van der Waals surface area contributed by atoms with Gasteiger partial charge in [0.15, 0.2) is 5.78 Å². The van der Waals surface area contributed by atoms with Crippen molar-refractivity contribution in [1.82, 2.24) is 9.78 Å². The quantitative estimate of drug-likeness (QED) is 0.806. The molecule has 0 saturated carbocycles. The molecule has 0 amide bonds. The van der Waals surface area contributed by atoms with E-state index in [9.17, 15) is 14.4 Å². The molecule has 0 aliphatic rings. The highest BCUT2D eigenvalue weighted by atomic mass is 16.2. The summed E-state index contributed by atoms with van der Waals surface area (Å²) in [6.07, 6.45) is 0. The minimum absolute atomic E-state index is 0.0765. The van der Waals surface area contributed by atoms with Crippen LogP contribution in [0.4, 0.5) is 0 Å². The number of hydrogen-bond donors (Lipinski definition) is 1. The molecule has 1 aromatic rings. The van der Waals surface area contributed by atoms with Gasteiger partial charge in [0.2, 0.25) is 0 Å². The summed E-state index contributed by atoms with van der Waals surface area (Å²) in [6.45, 7) is 6.61. The van der Waals surface area contributed by atoms with Gasteiger partial charge >= 0.3 is 0 Å². The number of nitrogens with zero attached hydrogens (tertiary/aromatic N) is 1. The third kappa shape index (κ3) is 2.29. The van der Waals surface area contributed by atoms with Crippen LogP contribution in [0.3, 0.4) is 0 Å². The van der Waals surface area contributed by atoms with Gasteiger partial charge in [-0.05, 0) is 13.8 Å². The van der Waals surface area contributed by atoms with Gasteiger partial charge in [0.25, 0.3) is 11.1 Å². The van der Waals surface area contributed by atoms with E-state index in [1.807, 2.05) is 0 Å². The van der Waals surface area contributed by atoms with Gasteiger partial charge in [-0.1, -0.05) is 13.8 Å². The smallest absolute Gasteiger partial charge is 0.268 e. The summed E-state index contributed by atoms with van der Waals surface area (Å²) in [4.78, 5) is 34.7. The van der Waals surface area contributed by atoms with Crippen LogP contribution in [-0.2, 0) is 11.3 Å². The standard InChI is InChI=1S/C11H16N2O3/c1-6(2)9(14)5-13-11(16)8(4)7(3)10(15)12-13/h6H,5H2,1-4H3,(H,12,15). The molecule has 0 saturated heterocycles. The van der Waals surface area contributed by atoms with Crippen LogP contribution in [0.2, 0.25) is 0 Å². The maximum atomic E-state index is 11.7. The molecule has 0 aromatic carbocycles. The minimum atomic E-state index is -0.325. The molecule has 88 valence electrons. The maximum absolute atomic E-state index is 11.7. The zero-order valence-corrected chi connectivity index (χ0v) is 9.96. The van der Waals surface area contributed by atoms with Crippen molar-refractivity contribution in [2.45, 2.75) is 34.2 Å². The summed E-state index contributed by atoms with van der Waals surface area (Å²) in [7, 11) is 0. The fourth-order valence-corrected chi connectivity index (χ4v) is 1.24. The highest BCUT2D eigenvalue weighted by Gasteiger charge is 2.12. The minimum Gasteiger partial charge on any atom is -0.297 e. The zero-order valence-electron chi connectivity index (χ0n) is 9.96. The Morgan fingerprint density at radius 2 is 1.81 bits per heavy atom. The number of carbonyl (C=O) groups is 1. The number of rotatable bonds is 3. The molecule has 0 unspecified atom stereocenters. The summed E-state index contributed by atoms with van der Waals surface area (Å²) < 4.78 is 1.08. The largest absolute Gasteiger partial charge is 0.297 e. The van der Waals surface area contributed by atoms with Gasteiger partial charge in [-0.25, -0.2) is 4.68 Å². The van der Waals surface area contributed by atoms with E-state index in [-0.39, 0.29) is 29.4 Å². The van der Waals surface area contributed by atoms with E-state index in [1.54, 1.807) is 27.7 Å². The summed E-state index contributed by atoms with van der Waals surface area (Å²) in [5.74, 6) is -0.238. The Labute approximate surface area is 93.1 Å². The van der Waals surface area contributed by atoms with Crippen LogP contribution < -0.4 is 11.1 Å². The number of H-pyrrole nitrogens is 1. The molecule has 0 aliphatic carbocycles. The van der Waals surface area contributed by atoms with Gasteiger partial charge in [-0.2, -0.15) is 0 Å². The summed E-state index contributed by atoms with van der Waals surface area (Å²) in [6, 6.07) is 0. The molecule has 0 fully saturated rings. The average Bonchev–Trinajstić information content (AvgIpc) is 2.22. The van der Waals surface area contributed by atoms with Gasteiger partial charge in [0.1, 0.15) is 6.54 Å². The SMILES string of the molecule is Cc1c(C)c(=O)n(CC(=O)C(C)C)[nH]c1=O. The normalized spacial score (nSPS) is 10.8. The second kappa shape index (κ2) is 4.47. The molecule has 0 spiro atoms. The second-order valence-electron chi connectivity index (χ2n) is 4.20. The van der Waals surface area contributed by atoms with E-state index in [1.165, 1.54) is 0 Å². The Hall–Kier alpha value is -1.65. The first-order valence-electron chi connectivity index (χ1n) is 5.17. The molecule has 1 aromatic heterocycles. The molecule has 1 rings (SSSR count). The van der Waals surface area contributed by atoms with Crippen LogP contribution in [0.5, 0.6) is 0 Å². The lowest BCUT2D eigenvalue weighted by molar-refractivity contribution is -0.122. The number of aromatic amines is 1. The Morgan fingerprint density at radius 3 is 2.31 bits per heavy atom. The van der Waals surface area contributed by atoms with Crippen LogP contribution in [0.1, 0.15) is 25.0 Å². The Kier molecular flexibility index (Phi) is 3.47. The van der Waals surface area contributed by atoms with Crippen molar-refractivity contribution in [2.24, 2.45) is 5.92 Å². The molecule has 0 atom stereocenters. The van der Waals surface area contributed by atoms with Crippen LogP contribution in [-0.4, -0.2) is 15.6 Å². The molecule has 5 heteroatoms. The predicted octanol–water partition coefficient (Wildman–Crippen LogP) is 0.379. The third-order valence-electron chi connectivity index (χ3n) is 2.66. The van der Waals surface area contributed by atoms with Crippen LogP contribution >= 0.6 is 0 Å². The number of nitrogens with one attached hydrogen (secondary N) is 1. The van der Waals surface area contributed by atoms with Crippen molar-refractivity contribution in [2.75, 3.05) is 0 Å². The summed E-state index contributed by atoms with van der Waals surface area (Å²) in [5.41, 5.74) is 0.151. The fourth-order valence-electron chi connectivity index (χ4n) is 1.24.